The van der Waals surface area contributed by atoms with Crippen LogP contribution in [0.3, 0.4) is 0 Å². The van der Waals surface area contributed by atoms with Gasteiger partial charge in [-0.2, -0.15) is 0 Å². The van der Waals surface area contributed by atoms with E-state index in [1.807, 2.05) is 79.7 Å². The van der Waals surface area contributed by atoms with Gasteiger partial charge in [0, 0.05) is 18.2 Å². The van der Waals surface area contributed by atoms with Gasteiger partial charge in [-0.15, -0.1) is 0 Å². The van der Waals surface area contributed by atoms with Crippen LogP contribution >= 0.6 is 11.8 Å². The Labute approximate surface area is 194 Å². The lowest BCUT2D eigenvalue weighted by molar-refractivity contribution is -0.193. The fourth-order valence-corrected chi connectivity index (χ4v) is 4.50. The van der Waals surface area contributed by atoms with E-state index in [-0.39, 0.29) is 17.3 Å². The Morgan fingerprint density at radius 1 is 1.06 bits per heavy atom. The molecule has 170 valence electrons. The Hall–Kier alpha value is -2.41. The Kier molecular flexibility index (Phi) is 9.09. The summed E-state index contributed by atoms with van der Waals surface area (Å²) in [6, 6.07) is 19.9. The highest BCUT2D eigenvalue weighted by atomic mass is 32.2. The van der Waals surface area contributed by atoms with Crippen LogP contribution in [-0.2, 0) is 32.2 Å². The predicted molar refractivity (Wildman–Crippen MR) is 130 cm³/mol. The molecule has 0 spiro atoms. The van der Waals surface area contributed by atoms with Crippen LogP contribution in [0.2, 0.25) is 0 Å². The molecule has 2 aromatic rings. The maximum Gasteiger partial charge on any atom is 0.407 e. The van der Waals surface area contributed by atoms with Crippen LogP contribution < -0.4 is 4.67 Å². The molecule has 1 heterocycles. The van der Waals surface area contributed by atoms with Crippen LogP contribution in [0.15, 0.2) is 60.7 Å². The zero-order valence-corrected chi connectivity index (χ0v) is 19.7. The predicted octanol–water partition coefficient (Wildman–Crippen LogP) is 3.28. The molecule has 7 heteroatoms. The Balaban J connectivity index is 1.79. The summed E-state index contributed by atoms with van der Waals surface area (Å²) in [6.07, 6.45) is -0.979. The minimum atomic E-state index is -0.723. The number of nitrogens with zero attached hydrogens (tertiary/aromatic N) is 2. The van der Waals surface area contributed by atoms with E-state index >= 15 is 0 Å². The van der Waals surface area contributed by atoms with Gasteiger partial charge in [0.25, 0.3) is 0 Å². The van der Waals surface area contributed by atoms with Gasteiger partial charge in [0.1, 0.15) is 17.6 Å². The third kappa shape index (κ3) is 6.79. The minimum absolute atomic E-state index is 0.0837. The van der Waals surface area contributed by atoms with Crippen molar-refractivity contribution < 1.29 is 19.0 Å². The number of carbonyl (C=O) groups is 1. The number of hydrogen-bond acceptors (Lipinski definition) is 5. The van der Waals surface area contributed by atoms with E-state index < -0.39 is 12.2 Å². The molecule has 1 aliphatic rings. The lowest BCUT2D eigenvalue weighted by Gasteiger charge is -2.40. The first-order valence-electron chi connectivity index (χ1n) is 10.6. The molecule has 0 amide bonds. The van der Waals surface area contributed by atoms with Crippen molar-refractivity contribution in [3.63, 3.8) is 0 Å². The number of thioether (sulfide) groups is 1. The molecular formula is C25H31N2O4S+. The van der Waals surface area contributed by atoms with Gasteiger partial charge in [-0.25, -0.2) is 9.57 Å². The second-order valence-corrected chi connectivity index (χ2v) is 9.01. The highest BCUT2D eigenvalue weighted by Crippen LogP contribution is 2.33. The fraction of sp³-hybridized carbons (Fsp3) is 0.400. The fourth-order valence-electron chi connectivity index (χ4n) is 3.52. The molecule has 4 unspecified atom stereocenters. The normalized spacial score (nSPS) is 22.7. The van der Waals surface area contributed by atoms with Gasteiger partial charge >= 0.3 is 5.17 Å². The van der Waals surface area contributed by atoms with Gasteiger partial charge in [0.05, 0.1) is 33.4 Å². The number of Topliss-reactive ketones (excluding diaryl/α,β-unsaturated/α-hetero) is 1. The molecule has 1 aliphatic heterocycles. The van der Waals surface area contributed by atoms with E-state index in [1.54, 1.807) is 0 Å². The monoisotopic (exact) mass is 455 g/mol. The summed E-state index contributed by atoms with van der Waals surface area (Å²) in [5.41, 5.74) is 1.80. The molecule has 32 heavy (non-hydrogen) atoms. The summed E-state index contributed by atoms with van der Waals surface area (Å²) in [5.74, 6) is -0.0837. The second kappa shape index (κ2) is 12.0. The van der Waals surface area contributed by atoms with Crippen molar-refractivity contribution in [2.75, 3.05) is 14.1 Å². The lowest BCUT2D eigenvalue weighted by Crippen LogP contribution is -2.53. The molecule has 0 radical (unpaired) electrons. The molecule has 0 saturated carbocycles. The highest BCUT2D eigenvalue weighted by molar-refractivity contribution is 8.14. The summed E-state index contributed by atoms with van der Waals surface area (Å²) in [4.78, 5) is 14.4. The zero-order valence-electron chi connectivity index (χ0n) is 18.8. The molecule has 1 saturated heterocycles. The first-order valence-corrected chi connectivity index (χ1v) is 11.5. The summed E-state index contributed by atoms with van der Waals surface area (Å²) >= 11 is 1.44. The average molecular weight is 456 g/mol. The van der Waals surface area contributed by atoms with Gasteiger partial charge in [-0.3, -0.25) is 4.79 Å². The number of ether oxygens (including phenoxy) is 3. The molecular weight excluding hydrogens is 424 g/mol. The number of benzene rings is 2. The average Bonchev–Trinajstić information content (AvgIpc) is 2.81. The number of carbonyl (C=O) groups excluding carboxylic acids is 1. The van der Waals surface area contributed by atoms with Crippen molar-refractivity contribution in [1.29, 1.82) is 0 Å². The standard InChI is InChI=1S/C25H31N2O4S/c1-18(28)23-24(30-17-20-13-9-6-10-14-20)21(29-16-19-11-7-5-8-12-19)15-22(31-23)32-25(26-2)27(3)4/h5-14,21-24H,2,15-17H2,1,3-4H3/q+1. The van der Waals surface area contributed by atoms with Crippen molar-refractivity contribution in [3.8, 4) is 0 Å². The van der Waals surface area contributed by atoms with Crippen LogP contribution in [0.5, 0.6) is 0 Å². The van der Waals surface area contributed by atoms with Gasteiger partial charge in [-0.05, 0) is 18.1 Å². The van der Waals surface area contributed by atoms with E-state index in [9.17, 15) is 4.79 Å². The third-order valence-electron chi connectivity index (χ3n) is 5.14. The van der Waals surface area contributed by atoms with Crippen LogP contribution in [0, 0.1) is 0 Å². The van der Waals surface area contributed by atoms with Crippen molar-refractivity contribution in [1.82, 2.24) is 9.57 Å². The number of rotatable bonds is 8. The number of ketones is 1. The molecule has 2 aromatic carbocycles. The van der Waals surface area contributed by atoms with E-state index in [2.05, 4.69) is 11.4 Å². The van der Waals surface area contributed by atoms with E-state index in [4.69, 9.17) is 14.2 Å². The summed E-state index contributed by atoms with van der Waals surface area (Å²) < 4.78 is 22.8. The largest absolute Gasteiger partial charge is 0.407 e. The second-order valence-electron chi connectivity index (χ2n) is 7.88. The SMILES string of the molecule is C=[N+]=C(SC1CC(OCc2ccccc2)C(OCc2ccccc2)C(C(C)=O)O1)N(C)C. The zero-order chi connectivity index (χ0) is 22.9. The molecule has 1 fully saturated rings. The molecule has 0 N–H and O–H groups in total. The maximum atomic E-state index is 12.6. The van der Waals surface area contributed by atoms with Gasteiger partial charge in [-0.1, -0.05) is 60.7 Å². The highest BCUT2D eigenvalue weighted by Gasteiger charge is 2.44. The molecule has 0 aliphatic carbocycles. The van der Waals surface area contributed by atoms with Crippen molar-refractivity contribution >= 4 is 29.4 Å². The molecule has 0 bridgehead atoms. The Bertz CT molecular complexity index is 916. The summed E-state index contributed by atoms with van der Waals surface area (Å²) in [7, 11) is 3.80. The summed E-state index contributed by atoms with van der Waals surface area (Å²) in [5, 5.41) is 0.725. The van der Waals surface area contributed by atoms with Gasteiger partial charge in [0.2, 0.25) is 0 Å². The minimum Gasteiger partial charge on any atom is -0.371 e. The smallest absolute Gasteiger partial charge is 0.371 e. The van der Waals surface area contributed by atoms with Gasteiger partial charge in [0.15, 0.2) is 12.5 Å². The quantitative estimate of drug-likeness (QED) is 0.346. The van der Waals surface area contributed by atoms with Crippen molar-refractivity contribution in [2.45, 2.75) is 50.3 Å². The lowest BCUT2D eigenvalue weighted by atomic mass is 9.99. The first kappa shape index (κ1) is 24.2. The Morgan fingerprint density at radius 3 is 2.12 bits per heavy atom. The van der Waals surface area contributed by atoms with E-state index in [0.29, 0.717) is 19.6 Å². The third-order valence-corrected chi connectivity index (χ3v) is 6.41. The van der Waals surface area contributed by atoms with Gasteiger partial charge < -0.3 is 14.2 Å². The molecule has 3 rings (SSSR count). The first-order chi connectivity index (χ1) is 15.5. The van der Waals surface area contributed by atoms with Crippen LogP contribution in [0.1, 0.15) is 24.5 Å². The van der Waals surface area contributed by atoms with E-state index in [1.165, 1.54) is 18.7 Å². The van der Waals surface area contributed by atoms with Crippen molar-refractivity contribution in [2.24, 2.45) is 0 Å². The van der Waals surface area contributed by atoms with Crippen LogP contribution in [0.4, 0.5) is 0 Å². The molecule has 0 aromatic heterocycles. The van der Waals surface area contributed by atoms with Crippen LogP contribution in [-0.4, -0.2) is 60.4 Å². The molecule has 4 atom stereocenters. The van der Waals surface area contributed by atoms with E-state index in [0.717, 1.165) is 16.3 Å². The molecule has 6 nitrogen and oxygen atoms in total. The number of hydrogen-bond donors (Lipinski definition) is 0. The summed E-state index contributed by atoms with van der Waals surface area (Å²) in [6.45, 7) is 5.99. The topological polar surface area (TPSA) is 62.1 Å². The Morgan fingerprint density at radius 2 is 1.62 bits per heavy atom. The number of amidine groups is 1. The maximum absolute atomic E-state index is 12.6. The van der Waals surface area contributed by atoms with Crippen molar-refractivity contribution in [3.05, 3.63) is 71.8 Å². The van der Waals surface area contributed by atoms with Crippen LogP contribution in [0.25, 0.3) is 0 Å².